The molecular formula is C15H23NO. The summed E-state index contributed by atoms with van der Waals surface area (Å²) < 4.78 is 0. The molecule has 0 amide bonds. The quantitative estimate of drug-likeness (QED) is 0.704. The van der Waals surface area contributed by atoms with E-state index in [0.29, 0.717) is 6.04 Å². The highest BCUT2D eigenvalue weighted by Crippen LogP contribution is 2.17. The first kappa shape index (κ1) is 13.9. The summed E-state index contributed by atoms with van der Waals surface area (Å²) in [5, 5.41) is 0. The van der Waals surface area contributed by atoms with Gasteiger partial charge in [-0.3, -0.25) is 4.90 Å². The Kier molecular flexibility index (Phi) is 4.88. The normalized spacial score (nSPS) is 12.1. The first-order valence-electron chi connectivity index (χ1n) is 6.19. The number of benzene rings is 1. The monoisotopic (exact) mass is 233 g/mol. The molecule has 0 aliphatic carbocycles. The largest absolute Gasteiger partial charge is 0.303 e. The van der Waals surface area contributed by atoms with Gasteiger partial charge in [-0.1, -0.05) is 44.2 Å². The van der Waals surface area contributed by atoms with E-state index in [0.717, 1.165) is 19.4 Å². The Labute approximate surface area is 105 Å². The van der Waals surface area contributed by atoms with Gasteiger partial charge in [-0.05, 0) is 19.4 Å². The molecule has 0 radical (unpaired) electrons. The van der Waals surface area contributed by atoms with Gasteiger partial charge in [-0.2, -0.15) is 0 Å². The molecule has 1 aromatic rings. The van der Waals surface area contributed by atoms with E-state index in [1.54, 1.807) is 0 Å². The molecule has 0 aromatic heterocycles. The van der Waals surface area contributed by atoms with E-state index >= 15 is 0 Å². The van der Waals surface area contributed by atoms with Crippen molar-refractivity contribution in [3.63, 3.8) is 0 Å². The van der Waals surface area contributed by atoms with Crippen LogP contribution in [0.2, 0.25) is 0 Å². The second-order valence-corrected chi connectivity index (χ2v) is 5.59. The smallest absolute Gasteiger partial charge is 0.126 e. The van der Waals surface area contributed by atoms with Crippen LogP contribution in [0.1, 0.15) is 33.3 Å². The van der Waals surface area contributed by atoms with Crippen LogP contribution in [0.4, 0.5) is 0 Å². The maximum atomic E-state index is 11.0. The van der Waals surface area contributed by atoms with E-state index in [-0.39, 0.29) is 5.41 Å². The van der Waals surface area contributed by atoms with Crippen LogP contribution in [-0.4, -0.2) is 23.8 Å². The van der Waals surface area contributed by atoms with Gasteiger partial charge in [-0.25, -0.2) is 0 Å². The Morgan fingerprint density at radius 3 is 2.29 bits per heavy atom. The summed E-state index contributed by atoms with van der Waals surface area (Å²) in [6.45, 7) is 10.0. The summed E-state index contributed by atoms with van der Waals surface area (Å²) in [7, 11) is 0. The molecule has 0 N–H and O–H groups in total. The predicted molar refractivity (Wildman–Crippen MR) is 71.8 cm³/mol. The van der Waals surface area contributed by atoms with Crippen LogP contribution >= 0.6 is 0 Å². The Morgan fingerprint density at radius 2 is 1.82 bits per heavy atom. The molecule has 0 unspecified atom stereocenters. The van der Waals surface area contributed by atoms with Gasteiger partial charge in [0.1, 0.15) is 6.29 Å². The SMILES string of the molecule is CC(C)N(Cc1ccccc1)CC(C)(C)C=O. The number of rotatable bonds is 6. The lowest BCUT2D eigenvalue weighted by atomic mass is 9.94. The third-order valence-electron chi connectivity index (χ3n) is 2.89. The zero-order valence-electron chi connectivity index (χ0n) is 11.3. The van der Waals surface area contributed by atoms with Crippen molar-refractivity contribution in [2.24, 2.45) is 5.41 Å². The van der Waals surface area contributed by atoms with Crippen LogP contribution in [0, 0.1) is 5.41 Å². The maximum Gasteiger partial charge on any atom is 0.126 e. The first-order chi connectivity index (χ1) is 7.94. The molecular weight excluding hydrogens is 210 g/mol. The number of carbonyl (C=O) groups is 1. The van der Waals surface area contributed by atoms with Crippen molar-refractivity contribution in [1.82, 2.24) is 4.90 Å². The van der Waals surface area contributed by atoms with E-state index < -0.39 is 0 Å². The minimum Gasteiger partial charge on any atom is -0.303 e. The second kappa shape index (κ2) is 5.97. The standard InChI is InChI=1S/C15H23NO/c1-13(2)16(11-15(3,4)12-17)10-14-8-6-5-7-9-14/h5-9,12-13H,10-11H2,1-4H3. The highest BCUT2D eigenvalue weighted by atomic mass is 16.1. The van der Waals surface area contributed by atoms with Gasteiger partial charge in [0.2, 0.25) is 0 Å². The lowest BCUT2D eigenvalue weighted by Gasteiger charge is -2.32. The molecule has 17 heavy (non-hydrogen) atoms. The summed E-state index contributed by atoms with van der Waals surface area (Å²) in [5.74, 6) is 0. The zero-order chi connectivity index (χ0) is 12.9. The molecule has 2 nitrogen and oxygen atoms in total. The van der Waals surface area contributed by atoms with Crippen LogP contribution in [0.3, 0.4) is 0 Å². The van der Waals surface area contributed by atoms with Crippen LogP contribution in [0.5, 0.6) is 0 Å². The third-order valence-corrected chi connectivity index (χ3v) is 2.89. The highest BCUT2D eigenvalue weighted by molar-refractivity contribution is 5.58. The molecule has 0 spiro atoms. The summed E-state index contributed by atoms with van der Waals surface area (Å²) in [4.78, 5) is 13.3. The molecule has 0 fully saturated rings. The van der Waals surface area contributed by atoms with E-state index in [1.165, 1.54) is 5.56 Å². The van der Waals surface area contributed by atoms with Gasteiger partial charge in [0.05, 0.1) is 0 Å². The minimum atomic E-state index is -0.279. The second-order valence-electron chi connectivity index (χ2n) is 5.59. The molecule has 1 aromatic carbocycles. The molecule has 0 aliphatic heterocycles. The fourth-order valence-corrected chi connectivity index (χ4v) is 1.80. The Hall–Kier alpha value is -1.15. The van der Waals surface area contributed by atoms with Crippen LogP contribution in [-0.2, 0) is 11.3 Å². The number of nitrogens with zero attached hydrogens (tertiary/aromatic N) is 1. The molecule has 0 bridgehead atoms. The lowest BCUT2D eigenvalue weighted by Crippen LogP contribution is -2.39. The van der Waals surface area contributed by atoms with Crippen molar-refractivity contribution in [3.8, 4) is 0 Å². The van der Waals surface area contributed by atoms with Crippen molar-refractivity contribution in [3.05, 3.63) is 35.9 Å². The van der Waals surface area contributed by atoms with Gasteiger partial charge in [0.15, 0.2) is 0 Å². The molecule has 0 saturated carbocycles. The van der Waals surface area contributed by atoms with Crippen molar-refractivity contribution >= 4 is 6.29 Å². The molecule has 0 atom stereocenters. The van der Waals surface area contributed by atoms with E-state index in [2.05, 4.69) is 43.0 Å². The molecule has 0 saturated heterocycles. The van der Waals surface area contributed by atoms with Gasteiger partial charge in [-0.15, -0.1) is 0 Å². The van der Waals surface area contributed by atoms with Crippen molar-refractivity contribution in [1.29, 1.82) is 0 Å². The summed E-state index contributed by atoms with van der Waals surface area (Å²) in [6.07, 6.45) is 1.05. The van der Waals surface area contributed by atoms with Crippen molar-refractivity contribution < 1.29 is 4.79 Å². The summed E-state index contributed by atoms with van der Waals surface area (Å²) >= 11 is 0. The Morgan fingerprint density at radius 1 is 1.24 bits per heavy atom. The molecule has 1 rings (SSSR count). The van der Waals surface area contributed by atoms with Gasteiger partial charge in [0, 0.05) is 24.5 Å². The van der Waals surface area contributed by atoms with Crippen LogP contribution < -0.4 is 0 Å². The van der Waals surface area contributed by atoms with Gasteiger partial charge >= 0.3 is 0 Å². The predicted octanol–water partition coefficient (Wildman–Crippen LogP) is 3.12. The van der Waals surface area contributed by atoms with Gasteiger partial charge in [0.25, 0.3) is 0 Å². The maximum absolute atomic E-state index is 11.0. The zero-order valence-corrected chi connectivity index (χ0v) is 11.3. The summed E-state index contributed by atoms with van der Waals surface area (Å²) in [6, 6.07) is 10.8. The molecule has 0 aliphatic rings. The highest BCUT2D eigenvalue weighted by Gasteiger charge is 2.22. The molecule has 2 heteroatoms. The average molecular weight is 233 g/mol. The van der Waals surface area contributed by atoms with Crippen molar-refractivity contribution in [2.75, 3.05) is 6.54 Å². The van der Waals surface area contributed by atoms with E-state index in [1.807, 2.05) is 19.9 Å². The number of carbonyl (C=O) groups excluding carboxylic acids is 1. The van der Waals surface area contributed by atoms with Crippen molar-refractivity contribution in [2.45, 2.75) is 40.3 Å². The molecule has 0 heterocycles. The number of hydrogen-bond acceptors (Lipinski definition) is 2. The van der Waals surface area contributed by atoms with Crippen LogP contribution in [0.15, 0.2) is 30.3 Å². The minimum absolute atomic E-state index is 0.279. The molecule has 94 valence electrons. The summed E-state index contributed by atoms with van der Waals surface area (Å²) in [5.41, 5.74) is 1.02. The number of aldehydes is 1. The average Bonchev–Trinajstić information content (AvgIpc) is 2.29. The fourth-order valence-electron chi connectivity index (χ4n) is 1.80. The number of hydrogen-bond donors (Lipinski definition) is 0. The first-order valence-corrected chi connectivity index (χ1v) is 6.19. The Bertz CT molecular complexity index is 343. The van der Waals surface area contributed by atoms with E-state index in [4.69, 9.17) is 0 Å². The Balaban J connectivity index is 2.71. The van der Waals surface area contributed by atoms with Gasteiger partial charge < -0.3 is 4.79 Å². The fraction of sp³-hybridized carbons (Fsp3) is 0.533. The van der Waals surface area contributed by atoms with Crippen LogP contribution in [0.25, 0.3) is 0 Å². The lowest BCUT2D eigenvalue weighted by molar-refractivity contribution is -0.115. The third kappa shape index (κ3) is 4.70. The van der Waals surface area contributed by atoms with E-state index in [9.17, 15) is 4.79 Å². The topological polar surface area (TPSA) is 20.3 Å².